The predicted molar refractivity (Wildman–Crippen MR) is 83.2 cm³/mol. The van der Waals surface area contributed by atoms with Crippen LogP contribution in [0.4, 0.5) is 13.2 Å². The molecule has 25 heavy (non-hydrogen) atoms. The summed E-state index contributed by atoms with van der Waals surface area (Å²) in [4.78, 5) is 12.1. The van der Waals surface area contributed by atoms with Crippen molar-refractivity contribution in [3.8, 4) is 5.75 Å². The van der Waals surface area contributed by atoms with E-state index in [9.17, 15) is 18.0 Å². The summed E-state index contributed by atoms with van der Waals surface area (Å²) < 4.78 is 50.0. The van der Waals surface area contributed by atoms with Crippen LogP contribution in [0, 0.1) is 0 Å². The van der Waals surface area contributed by atoms with Gasteiger partial charge in [0.1, 0.15) is 12.4 Å². The van der Waals surface area contributed by atoms with Crippen LogP contribution in [-0.2, 0) is 24.5 Å². The van der Waals surface area contributed by atoms with E-state index in [4.69, 9.17) is 9.47 Å². The van der Waals surface area contributed by atoms with E-state index in [1.54, 1.807) is 31.4 Å². The second-order valence-corrected chi connectivity index (χ2v) is 5.23. The molecule has 0 aliphatic heterocycles. The Hall–Kier alpha value is -2.55. The Bertz CT molecular complexity index is 729. The third kappa shape index (κ3) is 5.21. The number of rotatable bonds is 7. The van der Waals surface area contributed by atoms with Gasteiger partial charge in [-0.2, -0.15) is 18.3 Å². The molecule has 9 heteroatoms. The van der Waals surface area contributed by atoms with Gasteiger partial charge in [0.05, 0.1) is 12.2 Å². The van der Waals surface area contributed by atoms with Crippen molar-refractivity contribution in [2.75, 3.05) is 20.3 Å². The lowest BCUT2D eigenvalue weighted by Crippen LogP contribution is -2.25. The molecule has 0 fully saturated rings. The number of carbonyl (C=O) groups is 1. The highest BCUT2D eigenvalue weighted by Gasteiger charge is 2.38. The van der Waals surface area contributed by atoms with Gasteiger partial charge in [-0.25, -0.2) is 0 Å². The van der Waals surface area contributed by atoms with Crippen LogP contribution in [0.2, 0.25) is 0 Å². The first kappa shape index (κ1) is 18.8. The van der Waals surface area contributed by atoms with Gasteiger partial charge < -0.3 is 14.8 Å². The van der Waals surface area contributed by atoms with Crippen molar-refractivity contribution in [2.45, 2.75) is 12.7 Å². The number of halogens is 3. The summed E-state index contributed by atoms with van der Waals surface area (Å²) in [6.45, 7) is 0.867. The molecule has 0 radical (unpaired) electrons. The largest absolute Gasteiger partial charge is 0.491 e. The average molecular weight is 357 g/mol. The van der Waals surface area contributed by atoms with E-state index in [0.29, 0.717) is 24.5 Å². The van der Waals surface area contributed by atoms with Crippen molar-refractivity contribution < 1.29 is 27.4 Å². The minimum absolute atomic E-state index is 0.0620. The number of nitrogens with zero attached hydrogens (tertiary/aromatic N) is 2. The van der Waals surface area contributed by atoms with E-state index < -0.39 is 23.3 Å². The van der Waals surface area contributed by atoms with E-state index >= 15 is 0 Å². The number of alkyl halides is 3. The van der Waals surface area contributed by atoms with Crippen molar-refractivity contribution in [3.63, 3.8) is 0 Å². The molecule has 1 N–H and O–H groups in total. The summed E-state index contributed by atoms with van der Waals surface area (Å²) in [6, 6.07) is 6.90. The maximum absolute atomic E-state index is 12.9. The van der Waals surface area contributed by atoms with Crippen molar-refractivity contribution in [1.82, 2.24) is 15.1 Å². The molecule has 0 spiro atoms. The fourth-order valence-corrected chi connectivity index (χ4v) is 2.13. The molecule has 1 aromatic heterocycles. The molecule has 0 bridgehead atoms. The summed E-state index contributed by atoms with van der Waals surface area (Å²) in [5, 5.41) is 5.78. The number of amides is 1. The second-order valence-electron chi connectivity index (χ2n) is 5.23. The van der Waals surface area contributed by atoms with E-state index in [1.807, 2.05) is 0 Å². The van der Waals surface area contributed by atoms with Crippen LogP contribution in [0.5, 0.6) is 5.75 Å². The maximum atomic E-state index is 12.9. The topological polar surface area (TPSA) is 65.4 Å². The number of nitrogens with one attached hydrogen (secondary N) is 1. The number of methoxy groups -OCH3 is 1. The molecule has 0 saturated heterocycles. The zero-order valence-electron chi connectivity index (χ0n) is 13.8. The molecular weight excluding hydrogens is 339 g/mol. The summed E-state index contributed by atoms with van der Waals surface area (Å²) in [5.74, 6) is -0.257. The van der Waals surface area contributed by atoms with E-state index in [1.165, 1.54) is 7.05 Å². The van der Waals surface area contributed by atoms with Crippen molar-refractivity contribution in [3.05, 3.63) is 47.3 Å². The minimum Gasteiger partial charge on any atom is -0.491 e. The summed E-state index contributed by atoms with van der Waals surface area (Å²) >= 11 is 0. The molecule has 0 unspecified atom stereocenters. The normalized spacial score (nSPS) is 11.4. The molecule has 2 rings (SSSR count). The van der Waals surface area contributed by atoms with Crippen LogP contribution in [0.15, 0.2) is 30.5 Å². The van der Waals surface area contributed by atoms with Gasteiger partial charge in [-0.15, -0.1) is 0 Å². The molecule has 0 aliphatic rings. The van der Waals surface area contributed by atoms with Gasteiger partial charge in [-0.3, -0.25) is 9.48 Å². The Labute approximate surface area is 142 Å². The van der Waals surface area contributed by atoms with Crippen molar-refractivity contribution >= 4 is 5.91 Å². The maximum Gasteiger partial charge on any atom is 0.435 e. The van der Waals surface area contributed by atoms with Crippen molar-refractivity contribution in [2.24, 2.45) is 7.05 Å². The third-order valence-electron chi connectivity index (χ3n) is 3.25. The monoisotopic (exact) mass is 357 g/mol. The van der Waals surface area contributed by atoms with Gasteiger partial charge in [0.2, 0.25) is 0 Å². The first-order chi connectivity index (χ1) is 11.8. The number of aromatic nitrogens is 2. The quantitative estimate of drug-likeness (QED) is 0.773. The Kier molecular flexibility index (Phi) is 6.02. The summed E-state index contributed by atoms with van der Waals surface area (Å²) in [6.07, 6.45) is -3.65. The Morgan fingerprint density at radius 1 is 1.32 bits per heavy atom. The zero-order valence-corrected chi connectivity index (χ0v) is 13.8. The molecule has 1 heterocycles. The summed E-state index contributed by atoms with van der Waals surface area (Å²) in [5.41, 5.74) is -1.02. The smallest absolute Gasteiger partial charge is 0.435 e. The molecule has 2 aromatic rings. The molecule has 136 valence electrons. The molecule has 6 nitrogen and oxygen atoms in total. The Morgan fingerprint density at radius 2 is 2.08 bits per heavy atom. The second kappa shape index (κ2) is 8.02. The number of ether oxygens (including phenoxy) is 2. The zero-order chi connectivity index (χ0) is 18.4. The van der Waals surface area contributed by atoms with Crippen LogP contribution in [-0.4, -0.2) is 36.0 Å². The van der Waals surface area contributed by atoms with Crippen molar-refractivity contribution in [1.29, 1.82) is 0 Å². The highest BCUT2D eigenvalue weighted by Crippen LogP contribution is 2.30. The van der Waals surface area contributed by atoms with Gasteiger partial charge in [-0.05, 0) is 17.7 Å². The molecular formula is C16H18F3N3O3. The van der Waals surface area contributed by atoms with Gasteiger partial charge in [0, 0.05) is 26.9 Å². The fraction of sp³-hybridized carbons (Fsp3) is 0.375. The molecule has 1 aromatic carbocycles. The van der Waals surface area contributed by atoms with E-state index in [-0.39, 0.29) is 6.54 Å². The Morgan fingerprint density at radius 3 is 2.76 bits per heavy atom. The van der Waals surface area contributed by atoms with E-state index in [2.05, 4.69) is 10.4 Å². The number of aryl methyl sites for hydroxylation is 1. The van der Waals surface area contributed by atoms with Crippen LogP contribution >= 0.6 is 0 Å². The van der Waals surface area contributed by atoms with Gasteiger partial charge in [0.15, 0.2) is 5.69 Å². The van der Waals surface area contributed by atoms with Crippen LogP contribution in [0.1, 0.15) is 21.6 Å². The third-order valence-corrected chi connectivity index (χ3v) is 3.25. The number of benzene rings is 1. The average Bonchev–Trinajstić information content (AvgIpc) is 2.96. The highest BCUT2D eigenvalue weighted by molar-refractivity contribution is 5.95. The van der Waals surface area contributed by atoms with Gasteiger partial charge >= 0.3 is 6.18 Å². The molecule has 1 amide bonds. The predicted octanol–water partition coefficient (Wildman–Crippen LogP) is 2.39. The number of carbonyl (C=O) groups excluding carboxylic acids is 1. The van der Waals surface area contributed by atoms with Gasteiger partial charge in [-0.1, -0.05) is 12.1 Å². The lowest BCUT2D eigenvalue weighted by molar-refractivity contribution is -0.141. The van der Waals surface area contributed by atoms with Crippen LogP contribution in [0.25, 0.3) is 0 Å². The minimum atomic E-state index is -4.69. The lowest BCUT2D eigenvalue weighted by atomic mass is 10.2. The highest BCUT2D eigenvalue weighted by atomic mass is 19.4. The number of hydrogen-bond donors (Lipinski definition) is 1. The fourth-order valence-electron chi connectivity index (χ4n) is 2.13. The first-order valence-corrected chi connectivity index (χ1v) is 7.41. The SMILES string of the molecule is COCCOc1cccc(CNC(=O)c2cn(C)nc2C(F)(F)F)c1. The van der Waals surface area contributed by atoms with Crippen LogP contribution < -0.4 is 10.1 Å². The molecule has 0 atom stereocenters. The number of hydrogen-bond acceptors (Lipinski definition) is 4. The lowest BCUT2D eigenvalue weighted by Gasteiger charge is -2.09. The molecule has 0 aliphatic carbocycles. The Balaban J connectivity index is 2.02. The standard InChI is InChI=1S/C16H18F3N3O3/c1-22-10-13(14(21-22)16(17,18)19)15(23)20-9-11-4-3-5-12(8-11)25-7-6-24-2/h3-5,8,10H,6-7,9H2,1-2H3,(H,20,23). The van der Waals surface area contributed by atoms with Crippen LogP contribution in [0.3, 0.4) is 0 Å². The molecule has 0 saturated carbocycles. The first-order valence-electron chi connectivity index (χ1n) is 7.41. The van der Waals surface area contributed by atoms with E-state index in [0.717, 1.165) is 10.9 Å². The van der Waals surface area contributed by atoms with Gasteiger partial charge in [0.25, 0.3) is 5.91 Å². The summed E-state index contributed by atoms with van der Waals surface area (Å²) in [7, 11) is 2.88.